The fourth-order valence-corrected chi connectivity index (χ4v) is 4.94. The van der Waals surface area contributed by atoms with Gasteiger partial charge in [-0.2, -0.15) is 5.10 Å². The van der Waals surface area contributed by atoms with Crippen molar-refractivity contribution >= 4 is 10.0 Å². The Bertz CT molecular complexity index is 609. The molecule has 6 nitrogen and oxygen atoms in total. The van der Waals surface area contributed by atoms with Gasteiger partial charge in [-0.15, -0.1) is 0 Å². The molecule has 1 aliphatic rings. The van der Waals surface area contributed by atoms with Crippen molar-refractivity contribution < 1.29 is 13.5 Å². The van der Waals surface area contributed by atoms with Crippen LogP contribution in [-0.2, 0) is 16.6 Å². The van der Waals surface area contributed by atoms with Gasteiger partial charge < -0.3 is 5.11 Å². The lowest BCUT2D eigenvalue weighted by molar-refractivity contribution is 0.267. The minimum Gasteiger partial charge on any atom is -0.394 e. The van der Waals surface area contributed by atoms with E-state index < -0.39 is 10.0 Å². The summed E-state index contributed by atoms with van der Waals surface area (Å²) < 4.78 is 29.7. The Balaban J connectivity index is 2.28. The lowest BCUT2D eigenvalue weighted by atomic mass is 9.98. The molecular weight excluding hydrogens is 290 g/mol. The largest absolute Gasteiger partial charge is 0.394 e. The maximum atomic E-state index is 12.7. The van der Waals surface area contributed by atoms with Crippen LogP contribution in [0.4, 0.5) is 0 Å². The van der Waals surface area contributed by atoms with Crippen LogP contribution in [0.3, 0.4) is 0 Å². The molecular formula is C14H25N3O3S. The molecule has 7 heteroatoms. The molecule has 2 N–H and O–H groups in total. The number of hydrogen-bond acceptors (Lipinski definition) is 4. The second kappa shape index (κ2) is 6.06. The van der Waals surface area contributed by atoms with Gasteiger partial charge in [-0.25, -0.2) is 13.1 Å². The van der Waals surface area contributed by atoms with E-state index in [0.29, 0.717) is 29.8 Å². The number of aromatic nitrogens is 2. The Hall–Kier alpha value is -0.920. The summed E-state index contributed by atoms with van der Waals surface area (Å²) in [5, 5.41) is 13.2. The minimum atomic E-state index is -3.57. The van der Waals surface area contributed by atoms with E-state index in [4.69, 9.17) is 5.11 Å². The Labute approximate surface area is 126 Å². The zero-order valence-corrected chi connectivity index (χ0v) is 13.9. The van der Waals surface area contributed by atoms with Crippen LogP contribution >= 0.6 is 0 Å². The maximum Gasteiger partial charge on any atom is 0.244 e. The predicted molar refractivity (Wildman–Crippen MR) is 80.5 cm³/mol. The number of nitrogens with zero attached hydrogens (tertiary/aromatic N) is 2. The fraction of sp³-hybridized carbons (Fsp3) is 0.786. The van der Waals surface area contributed by atoms with Gasteiger partial charge in [0.25, 0.3) is 0 Å². The minimum absolute atomic E-state index is 0.00927. The molecule has 1 aliphatic carbocycles. The van der Waals surface area contributed by atoms with Crippen molar-refractivity contribution in [2.75, 3.05) is 6.61 Å². The first-order valence-electron chi connectivity index (χ1n) is 7.45. The van der Waals surface area contributed by atoms with Gasteiger partial charge in [0.1, 0.15) is 4.90 Å². The van der Waals surface area contributed by atoms with Crippen LogP contribution in [0.25, 0.3) is 0 Å². The monoisotopic (exact) mass is 315 g/mol. The second-order valence-corrected chi connectivity index (χ2v) is 7.74. The van der Waals surface area contributed by atoms with E-state index in [2.05, 4.69) is 23.7 Å². The average molecular weight is 315 g/mol. The molecule has 0 aliphatic heterocycles. The second-order valence-electron chi connectivity index (χ2n) is 6.09. The predicted octanol–water partition coefficient (Wildman–Crippen LogP) is 1.21. The summed E-state index contributed by atoms with van der Waals surface area (Å²) in [6.07, 6.45) is 1.93. The first-order valence-corrected chi connectivity index (χ1v) is 8.93. The van der Waals surface area contributed by atoms with Gasteiger partial charge in [0, 0.05) is 6.04 Å². The Kier molecular flexibility index (Phi) is 4.75. The first-order chi connectivity index (χ1) is 9.77. The molecule has 0 amide bonds. The third kappa shape index (κ3) is 3.14. The zero-order valence-electron chi connectivity index (χ0n) is 13.1. The molecule has 120 valence electrons. The summed E-state index contributed by atoms with van der Waals surface area (Å²) in [5.74, 6) is 0.880. The van der Waals surface area contributed by atoms with Crippen LogP contribution in [0.2, 0.25) is 0 Å². The van der Waals surface area contributed by atoms with Crippen LogP contribution in [0.1, 0.15) is 38.1 Å². The summed E-state index contributed by atoms with van der Waals surface area (Å²) in [5.41, 5.74) is 1.06. The fourth-order valence-electron chi connectivity index (χ4n) is 3.17. The lowest BCUT2D eigenvalue weighted by Gasteiger charge is -2.19. The topological polar surface area (TPSA) is 84.2 Å². The molecule has 0 spiro atoms. The van der Waals surface area contributed by atoms with Crippen molar-refractivity contribution in [3.63, 3.8) is 0 Å². The smallest absolute Gasteiger partial charge is 0.244 e. The van der Waals surface area contributed by atoms with Crippen LogP contribution in [0, 0.1) is 25.7 Å². The van der Waals surface area contributed by atoms with E-state index in [0.717, 1.165) is 12.8 Å². The number of sulfonamides is 1. The Morgan fingerprint density at radius 1 is 1.33 bits per heavy atom. The van der Waals surface area contributed by atoms with Gasteiger partial charge in [0.05, 0.1) is 24.5 Å². The van der Waals surface area contributed by atoms with Gasteiger partial charge in [-0.05, 0) is 38.5 Å². The highest BCUT2D eigenvalue weighted by molar-refractivity contribution is 7.89. The number of aliphatic hydroxyl groups excluding tert-OH is 1. The highest BCUT2D eigenvalue weighted by Gasteiger charge is 2.34. The van der Waals surface area contributed by atoms with Gasteiger partial charge in [-0.3, -0.25) is 4.68 Å². The number of nitrogens with one attached hydrogen (secondary N) is 1. The standard InChI is InChI=1S/C14H25N3O3S/c1-9-5-6-13(10(9)2)16-21(19,20)14-11(3)15-17(7-8-18)12(14)4/h9-10,13,16,18H,5-8H2,1-4H3. The molecule has 1 heterocycles. The van der Waals surface area contributed by atoms with Gasteiger partial charge in [0.2, 0.25) is 10.0 Å². The number of rotatable bonds is 5. The number of aliphatic hydroxyl groups is 1. The first kappa shape index (κ1) is 16.5. The third-order valence-electron chi connectivity index (χ3n) is 4.67. The van der Waals surface area contributed by atoms with E-state index in [9.17, 15) is 8.42 Å². The van der Waals surface area contributed by atoms with E-state index in [1.165, 1.54) is 0 Å². The van der Waals surface area contributed by atoms with Crippen LogP contribution in [0.5, 0.6) is 0 Å². The molecule has 1 aromatic rings. The molecule has 0 bridgehead atoms. The Morgan fingerprint density at radius 3 is 2.52 bits per heavy atom. The van der Waals surface area contributed by atoms with Crippen LogP contribution in [-0.4, -0.2) is 36.0 Å². The van der Waals surface area contributed by atoms with E-state index in [-0.39, 0.29) is 17.5 Å². The summed E-state index contributed by atoms with van der Waals surface area (Å²) in [7, 11) is -3.57. The summed E-state index contributed by atoms with van der Waals surface area (Å²) >= 11 is 0. The molecule has 1 fully saturated rings. The maximum absolute atomic E-state index is 12.7. The van der Waals surface area contributed by atoms with E-state index in [1.54, 1.807) is 18.5 Å². The van der Waals surface area contributed by atoms with Crippen molar-refractivity contribution in [1.82, 2.24) is 14.5 Å². The van der Waals surface area contributed by atoms with Crippen molar-refractivity contribution in [2.45, 2.75) is 58.0 Å². The summed E-state index contributed by atoms with van der Waals surface area (Å²) in [6, 6.07) is -0.00927. The molecule has 21 heavy (non-hydrogen) atoms. The zero-order chi connectivity index (χ0) is 15.8. The quantitative estimate of drug-likeness (QED) is 0.855. The molecule has 3 unspecified atom stereocenters. The van der Waals surface area contributed by atoms with Crippen LogP contribution in [0.15, 0.2) is 4.90 Å². The highest BCUT2D eigenvalue weighted by atomic mass is 32.2. The summed E-state index contributed by atoms with van der Waals surface area (Å²) in [4.78, 5) is 0.253. The summed E-state index contributed by atoms with van der Waals surface area (Å²) in [6.45, 7) is 7.92. The average Bonchev–Trinajstić information content (AvgIpc) is 2.84. The molecule has 0 radical (unpaired) electrons. The third-order valence-corrected chi connectivity index (χ3v) is 6.41. The van der Waals surface area contributed by atoms with Crippen molar-refractivity contribution in [1.29, 1.82) is 0 Å². The van der Waals surface area contributed by atoms with E-state index in [1.807, 2.05) is 0 Å². The highest BCUT2D eigenvalue weighted by Crippen LogP contribution is 2.32. The molecule has 0 saturated heterocycles. The van der Waals surface area contributed by atoms with Crippen molar-refractivity contribution in [2.24, 2.45) is 11.8 Å². The van der Waals surface area contributed by atoms with Crippen molar-refractivity contribution in [3.05, 3.63) is 11.4 Å². The SMILES string of the molecule is Cc1nn(CCO)c(C)c1S(=O)(=O)NC1CCC(C)C1C. The molecule has 1 saturated carbocycles. The Morgan fingerprint density at radius 2 is 2.00 bits per heavy atom. The number of aryl methyl sites for hydroxylation is 1. The van der Waals surface area contributed by atoms with Gasteiger partial charge >= 0.3 is 0 Å². The molecule has 0 aromatic carbocycles. The molecule has 1 aromatic heterocycles. The van der Waals surface area contributed by atoms with Crippen LogP contribution < -0.4 is 4.72 Å². The number of hydrogen-bond donors (Lipinski definition) is 2. The lowest BCUT2D eigenvalue weighted by Crippen LogP contribution is -2.37. The molecule has 3 atom stereocenters. The normalized spacial score (nSPS) is 26.4. The molecule has 2 rings (SSSR count). The van der Waals surface area contributed by atoms with Gasteiger partial charge in [-0.1, -0.05) is 13.8 Å². The van der Waals surface area contributed by atoms with Gasteiger partial charge in [0.15, 0.2) is 0 Å². The van der Waals surface area contributed by atoms with E-state index >= 15 is 0 Å². The van der Waals surface area contributed by atoms with Crippen molar-refractivity contribution in [3.8, 4) is 0 Å².